The average Bonchev–Trinajstić information content (AvgIpc) is 3.64. The second-order valence-electron chi connectivity index (χ2n) is 10.1. The summed E-state index contributed by atoms with van der Waals surface area (Å²) in [5, 5.41) is 4.41. The first-order valence-electron chi connectivity index (χ1n) is 13.0. The molecule has 1 saturated heterocycles. The van der Waals surface area contributed by atoms with Gasteiger partial charge in [0.05, 0.1) is 28.8 Å². The number of likely N-dealkylation sites (N-methyl/N-ethyl adjacent to an activating group) is 1. The van der Waals surface area contributed by atoms with Gasteiger partial charge in [-0.05, 0) is 67.1 Å². The number of hydrogen-bond acceptors (Lipinski definition) is 6. The van der Waals surface area contributed by atoms with Crippen LogP contribution in [0.3, 0.4) is 0 Å². The summed E-state index contributed by atoms with van der Waals surface area (Å²) in [5.41, 5.74) is 0.542. The molecule has 0 radical (unpaired) electrons. The second-order valence-corrected chi connectivity index (χ2v) is 10.9. The summed E-state index contributed by atoms with van der Waals surface area (Å²) in [6, 6.07) is 14.3. The lowest BCUT2D eigenvalue weighted by molar-refractivity contribution is -0.138. The van der Waals surface area contributed by atoms with Crippen molar-refractivity contribution in [2.24, 2.45) is 0 Å². The minimum absolute atomic E-state index is 0.124. The van der Waals surface area contributed by atoms with E-state index in [9.17, 15) is 22.8 Å². The van der Waals surface area contributed by atoms with E-state index in [0.717, 1.165) is 24.8 Å². The van der Waals surface area contributed by atoms with Crippen molar-refractivity contribution in [3.8, 4) is 17.2 Å². The van der Waals surface area contributed by atoms with Crippen LogP contribution in [0.5, 0.6) is 5.75 Å². The van der Waals surface area contributed by atoms with Crippen LogP contribution < -0.4 is 4.74 Å². The van der Waals surface area contributed by atoms with E-state index < -0.39 is 35.4 Å². The van der Waals surface area contributed by atoms with Gasteiger partial charge in [-0.25, -0.2) is 0 Å². The second kappa shape index (κ2) is 11.9. The zero-order valence-electron chi connectivity index (χ0n) is 23.2. The van der Waals surface area contributed by atoms with Crippen LogP contribution in [-0.2, 0) is 6.18 Å². The Bertz CT molecular complexity index is 1680. The maximum atomic E-state index is 13.7. The van der Waals surface area contributed by atoms with Crippen molar-refractivity contribution < 1.29 is 32.0 Å². The van der Waals surface area contributed by atoms with Crippen LogP contribution in [0.25, 0.3) is 11.5 Å². The highest BCUT2D eigenvalue weighted by atomic mass is 35.5. The first-order valence-corrected chi connectivity index (χ1v) is 13.8. The predicted molar refractivity (Wildman–Crippen MR) is 153 cm³/mol. The molecule has 13 heteroatoms. The van der Waals surface area contributed by atoms with Crippen molar-refractivity contribution in [1.29, 1.82) is 0 Å². The van der Waals surface area contributed by atoms with E-state index in [1.807, 2.05) is 0 Å². The molecule has 4 aromatic rings. The van der Waals surface area contributed by atoms with E-state index in [1.54, 1.807) is 54.3 Å². The number of carbonyl (C=O) groups excluding carboxylic acids is 2. The van der Waals surface area contributed by atoms with Crippen LogP contribution in [0, 0.1) is 6.92 Å². The first kappa shape index (κ1) is 30.4. The molecule has 8 nitrogen and oxygen atoms in total. The number of halogens is 5. The number of aromatic nitrogens is 2. The molecule has 0 saturated carbocycles. The third kappa shape index (κ3) is 6.18. The Kier molecular flexibility index (Phi) is 8.40. The molecule has 0 unspecified atom stereocenters. The Morgan fingerprint density at radius 1 is 1.00 bits per heavy atom. The number of carbonyl (C=O) groups is 2. The van der Waals surface area contributed by atoms with E-state index in [-0.39, 0.29) is 24.6 Å². The maximum absolute atomic E-state index is 13.7. The molecular formula is C30H25Cl2F3N4O4. The van der Waals surface area contributed by atoms with E-state index in [2.05, 4.69) is 10.1 Å². The molecule has 1 aromatic heterocycles. The number of likely N-dealkylation sites (tertiary alicyclic amines) is 1. The fourth-order valence-corrected chi connectivity index (χ4v) is 5.49. The monoisotopic (exact) mass is 632 g/mol. The highest BCUT2D eigenvalue weighted by Gasteiger charge is 2.41. The number of hydrogen-bond donors (Lipinski definition) is 0. The molecule has 1 fully saturated rings. The molecular weight excluding hydrogens is 608 g/mol. The summed E-state index contributed by atoms with van der Waals surface area (Å²) >= 11 is 12.4. The largest absolute Gasteiger partial charge is 0.496 e. The highest BCUT2D eigenvalue weighted by molar-refractivity contribution is 6.42. The lowest BCUT2D eigenvalue weighted by Gasteiger charge is -2.29. The van der Waals surface area contributed by atoms with Crippen molar-refractivity contribution in [2.75, 3.05) is 27.2 Å². The summed E-state index contributed by atoms with van der Waals surface area (Å²) in [5.74, 6) is -0.923. The molecule has 0 spiro atoms. The van der Waals surface area contributed by atoms with E-state index in [4.69, 9.17) is 32.5 Å². The quantitative estimate of drug-likeness (QED) is 0.233. The molecule has 5 rings (SSSR count). The van der Waals surface area contributed by atoms with Crippen LogP contribution in [0.15, 0.2) is 65.2 Å². The first-order chi connectivity index (χ1) is 20.4. The number of rotatable bonds is 6. The molecule has 2 atom stereocenters. The number of nitrogens with zero attached hydrogens (tertiary/aromatic N) is 4. The fraction of sp³-hybridized carbons (Fsp3) is 0.267. The Balaban J connectivity index is 1.44. The minimum Gasteiger partial charge on any atom is -0.496 e. The summed E-state index contributed by atoms with van der Waals surface area (Å²) in [4.78, 5) is 34.3. The number of amides is 2. The summed E-state index contributed by atoms with van der Waals surface area (Å²) in [6.45, 7) is 2.05. The van der Waals surface area contributed by atoms with E-state index in [0.29, 0.717) is 32.9 Å². The average molecular weight is 633 g/mol. The summed E-state index contributed by atoms with van der Waals surface area (Å²) in [7, 11) is 2.63. The predicted octanol–water partition coefficient (Wildman–Crippen LogP) is 6.76. The lowest BCUT2D eigenvalue weighted by Crippen LogP contribution is -2.42. The van der Waals surface area contributed by atoms with Gasteiger partial charge in [0, 0.05) is 42.7 Å². The smallest absolute Gasteiger partial charge is 0.419 e. The van der Waals surface area contributed by atoms with Crippen molar-refractivity contribution >= 4 is 35.0 Å². The third-order valence-electron chi connectivity index (χ3n) is 7.42. The van der Waals surface area contributed by atoms with Gasteiger partial charge in [-0.3, -0.25) is 9.59 Å². The number of alkyl halides is 3. The zero-order chi connectivity index (χ0) is 31.1. The van der Waals surface area contributed by atoms with Gasteiger partial charge in [0.25, 0.3) is 17.7 Å². The van der Waals surface area contributed by atoms with Gasteiger partial charge in [-0.15, -0.1) is 0 Å². The number of ether oxygens (including phenoxy) is 1. The Hall–Kier alpha value is -4.09. The molecule has 1 aliphatic heterocycles. The van der Waals surface area contributed by atoms with Gasteiger partial charge in [0.1, 0.15) is 5.75 Å². The van der Waals surface area contributed by atoms with Crippen molar-refractivity contribution in [3.05, 3.63) is 98.8 Å². The van der Waals surface area contributed by atoms with Gasteiger partial charge < -0.3 is 19.1 Å². The standard InChI is InChI=1S/C30H25Cl2F3N4O4/c1-16-36-27(43-37-16)17-4-6-18(7-5-17)29(41)39-14-21(19-8-10-23(31)24(32)13-19)25(15-39)38(2)28(40)20-9-11-26(42-3)22(12-20)30(33,34)35/h4-13,21,25H,14-15H2,1-3H3/t21-,25+/m0/s1. The molecule has 2 amide bonds. The van der Waals surface area contributed by atoms with E-state index >= 15 is 0 Å². The Morgan fingerprint density at radius 3 is 2.30 bits per heavy atom. The molecule has 43 heavy (non-hydrogen) atoms. The van der Waals surface area contributed by atoms with Crippen LogP contribution in [-0.4, -0.2) is 65.0 Å². The molecule has 224 valence electrons. The lowest BCUT2D eigenvalue weighted by atomic mass is 9.93. The zero-order valence-corrected chi connectivity index (χ0v) is 24.7. The molecule has 0 N–H and O–H groups in total. The number of aryl methyl sites for hydroxylation is 1. The van der Waals surface area contributed by atoms with Crippen LogP contribution in [0.4, 0.5) is 13.2 Å². The topological polar surface area (TPSA) is 88.8 Å². The SMILES string of the molecule is COc1ccc(C(=O)N(C)[C@@H]2CN(C(=O)c3ccc(-c4nc(C)no4)cc3)C[C@H]2c2ccc(Cl)c(Cl)c2)cc1C(F)(F)F. The van der Waals surface area contributed by atoms with Crippen LogP contribution in [0.2, 0.25) is 10.0 Å². The maximum Gasteiger partial charge on any atom is 0.419 e. The van der Waals surface area contributed by atoms with Gasteiger partial charge in [-0.2, -0.15) is 18.2 Å². The molecule has 0 bridgehead atoms. The van der Waals surface area contributed by atoms with Gasteiger partial charge in [0.15, 0.2) is 5.82 Å². The summed E-state index contributed by atoms with van der Waals surface area (Å²) < 4.78 is 51.1. The molecule has 0 aliphatic carbocycles. The van der Waals surface area contributed by atoms with Crippen LogP contribution >= 0.6 is 23.2 Å². The van der Waals surface area contributed by atoms with Crippen molar-refractivity contribution in [2.45, 2.75) is 25.1 Å². The van der Waals surface area contributed by atoms with Crippen LogP contribution in [0.1, 0.15) is 43.6 Å². The van der Waals surface area contributed by atoms with Gasteiger partial charge >= 0.3 is 6.18 Å². The van der Waals surface area contributed by atoms with Gasteiger partial charge in [0.2, 0.25) is 0 Å². The molecule has 3 aromatic carbocycles. The number of benzene rings is 3. The fourth-order valence-electron chi connectivity index (χ4n) is 5.18. The normalized spacial score (nSPS) is 16.8. The highest BCUT2D eigenvalue weighted by Crippen LogP contribution is 2.38. The summed E-state index contributed by atoms with van der Waals surface area (Å²) in [6.07, 6.45) is -4.72. The number of methoxy groups -OCH3 is 1. The van der Waals surface area contributed by atoms with Gasteiger partial charge in [-0.1, -0.05) is 34.4 Å². The minimum atomic E-state index is -4.72. The Labute approximate surface area is 254 Å². The van der Waals surface area contributed by atoms with E-state index in [1.165, 1.54) is 18.0 Å². The van der Waals surface area contributed by atoms with Crippen molar-refractivity contribution in [3.63, 3.8) is 0 Å². The molecule has 1 aliphatic rings. The third-order valence-corrected chi connectivity index (χ3v) is 8.16. The van der Waals surface area contributed by atoms with Crippen molar-refractivity contribution in [1.82, 2.24) is 19.9 Å². The molecule has 2 heterocycles. The Morgan fingerprint density at radius 2 is 1.70 bits per heavy atom.